The lowest BCUT2D eigenvalue weighted by atomic mass is 10.2. The molecular weight excluding hydrogens is 231 g/mol. The molecule has 0 aliphatic carbocycles. The molecule has 0 bridgehead atoms. The van der Waals surface area contributed by atoms with Crippen molar-refractivity contribution in [3.8, 4) is 11.5 Å². The maximum Gasteiger partial charge on any atom is 0.165 e. The van der Waals surface area contributed by atoms with Crippen molar-refractivity contribution in [2.24, 2.45) is 0 Å². The van der Waals surface area contributed by atoms with Crippen LogP contribution in [0.3, 0.4) is 0 Å². The molecule has 18 heavy (non-hydrogen) atoms. The molecule has 1 aromatic carbocycles. The van der Waals surface area contributed by atoms with Crippen LogP contribution in [0.5, 0.6) is 11.5 Å². The number of rotatable bonds is 5. The SMILES string of the molecule is CCNCc1ccncc1Oc1ccccc1F. The standard InChI is InChI=1S/C14H15FN2O/c1-2-16-9-11-7-8-17-10-14(11)18-13-6-4-3-5-12(13)15/h3-8,10,16H,2,9H2,1H3. The molecule has 4 heteroatoms. The molecule has 0 saturated heterocycles. The van der Waals surface area contributed by atoms with Crippen LogP contribution in [0.4, 0.5) is 4.39 Å². The van der Waals surface area contributed by atoms with E-state index in [0.29, 0.717) is 12.3 Å². The Hall–Kier alpha value is -1.94. The normalized spacial score (nSPS) is 10.3. The lowest BCUT2D eigenvalue weighted by Crippen LogP contribution is -2.12. The maximum atomic E-state index is 13.5. The van der Waals surface area contributed by atoms with Crippen LogP contribution in [-0.2, 0) is 6.54 Å². The van der Waals surface area contributed by atoms with Gasteiger partial charge in [0, 0.05) is 18.3 Å². The van der Waals surface area contributed by atoms with E-state index in [1.807, 2.05) is 13.0 Å². The number of hydrogen-bond donors (Lipinski definition) is 1. The highest BCUT2D eigenvalue weighted by Gasteiger charge is 2.07. The Labute approximate surface area is 106 Å². The van der Waals surface area contributed by atoms with Gasteiger partial charge in [-0.2, -0.15) is 0 Å². The van der Waals surface area contributed by atoms with E-state index in [0.717, 1.165) is 12.1 Å². The fraction of sp³-hybridized carbons (Fsp3) is 0.214. The fourth-order valence-electron chi connectivity index (χ4n) is 1.55. The molecule has 0 aliphatic rings. The lowest BCUT2D eigenvalue weighted by molar-refractivity contribution is 0.434. The second kappa shape index (κ2) is 6.12. The molecular formula is C14H15FN2O. The number of pyridine rings is 1. The van der Waals surface area contributed by atoms with Gasteiger partial charge in [0.1, 0.15) is 5.75 Å². The average Bonchev–Trinajstić information content (AvgIpc) is 2.40. The number of ether oxygens (including phenoxy) is 1. The summed E-state index contributed by atoms with van der Waals surface area (Å²) in [5, 5.41) is 3.20. The molecule has 3 nitrogen and oxygen atoms in total. The van der Waals surface area contributed by atoms with Crippen molar-refractivity contribution in [3.63, 3.8) is 0 Å². The Morgan fingerprint density at radius 3 is 2.83 bits per heavy atom. The highest BCUT2D eigenvalue weighted by Crippen LogP contribution is 2.26. The van der Waals surface area contributed by atoms with E-state index in [-0.39, 0.29) is 11.6 Å². The monoisotopic (exact) mass is 246 g/mol. The van der Waals surface area contributed by atoms with Gasteiger partial charge in [0.05, 0.1) is 6.20 Å². The maximum absolute atomic E-state index is 13.5. The topological polar surface area (TPSA) is 34.2 Å². The number of halogens is 1. The van der Waals surface area contributed by atoms with Crippen molar-refractivity contribution in [3.05, 3.63) is 54.1 Å². The Morgan fingerprint density at radius 1 is 1.22 bits per heavy atom. The van der Waals surface area contributed by atoms with E-state index in [9.17, 15) is 4.39 Å². The van der Waals surface area contributed by atoms with Crippen molar-refractivity contribution in [2.75, 3.05) is 6.54 Å². The number of aromatic nitrogens is 1. The molecule has 1 aromatic heterocycles. The van der Waals surface area contributed by atoms with Crippen LogP contribution >= 0.6 is 0 Å². The molecule has 0 radical (unpaired) electrons. The first-order chi connectivity index (χ1) is 8.81. The van der Waals surface area contributed by atoms with Crippen LogP contribution in [-0.4, -0.2) is 11.5 Å². The Morgan fingerprint density at radius 2 is 2.06 bits per heavy atom. The van der Waals surface area contributed by atoms with Crippen molar-refractivity contribution in [2.45, 2.75) is 13.5 Å². The third-order valence-electron chi connectivity index (χ3n) is 2.49. The average molecular weight is 246 g/mol. The smallest absolute Gasteiger partial charge is 0.165 e. The van der Waals surface area contributed by atoms with E-state index in [1.165, 1.54) is 6.07 Å². The molecule has 0 aliphatic heterocycles. The van der Waals surface area contributed by atoms with Crippen LogP contribution < -0.4 is 10.1 Å². The summed E-state index contributed by atoms with van der Waals surface area (Å²) in [5.74, 6) is 0.405. The zero-order chi connectivity index (χ0) is 12.8. The Balaban J connectivity index is 2.21. The molecule has 0 unspecified atom stereocenters. The first-order valence-corrected chi connectivity index (χ1v) is 5.87. The van der Waals surface area contributed by atoms with Crippen molar-refractivity contribution < 1.29 is 9.13 Å². The number of benzene rings is 1. The summed E-state index contributed by atoms with van der Waals surface area (Å²) in [6.07, 6.45) is 3.29. The first-order valence-electron chi connectivity index (χ1n) is 5.87. The minimum Gasteiger partial charge on any atom is -0.452 e. The minimum atomic E-state index is -0.379. The van der Waals surface area contributed by atoms with E-state index in [2.05, 4.69) is 10.3 Å². The van der Waals surface area contributed by atoms with Gasteiger partial charge in [0.2, 0.25) is 0 Å². The largest absolute Gasteiger partial charge is 0.452 e. The highest BCUT2D eigenvalue weighted by atomic mass is 19.1. The Kier molecular flexibility index (Phi) is 4.25. The van der Waals surface area contributed by atoms with Crippen molar-refractivity contribution >= 4 is 0 Å². The van der Waals surface area contributed by atoms with Crippen molar-refractivity contribution in [1.29, 1.82) is 0 Å². The minimum absolute atomic E-state index is 0.211. The van der Waals surface area contributed by atoms with Crippen molar-refractivity contribution in [1.82, 2.24) is 10.3 Å². The summed E-state index contributed by atoms with van der Waals surface area (Å²) in [6, 6.07) is 8.19. The quantitative estimate of drug-likeness (QED) is 0.880. The van der Waals surface area contributed by atoms with Crippen LogP contribution in [0.2, 0.25) is 0 Å². The van der Waals surface area contributed by atoms with Gasteiger partial charge in [-0.15, -0.1) is 0 Å². The molecule has 0 saturated carbocycles. The third-order valence-corrected chi connectivity index (χ3v) is 2.49. The van der Waals surface area contributed by atoms with Crippen LogP contribution in [0.1, 0.15) is 12.5 Å². The molecule has 1 heterocycles. The summed E-state index contributed by atoms with van der Waals surface area (Å²) in [6.45, 7) is 3.56. The second-order valence-corrected chi connectivity index (χ2v) is 3.80. The number of para-hydroxylation sites is 1. The van der Waals surface area contributed by atoms with Gasteiger partial charge in [-0.05, 0) is 24.7 Å². The molecule has 0 atom stereocenters. The van der Waals surface area contributed by atoms with Gasteiger partial charge in [-0.25, -0.2) is 4.39 Å². The zero-order valence-electron chi connectivity index (χ0n) is 10.2. The predicted molar refractivity (Wildman–Crippen MR) is 68.1 cm³/mol. The molecule has 0 spiro atoms. The number of nitrogens with one attached hydrogen (secondary N) is 1. The van der Waals surface area contributed by atoms with Gasteiger partial charge in [-0.1, -0.05) is 19.1 Å². The molecule has 1 N–H and O–H groups in total. The fourth-order valence-corrected chi connectivity index (χ4v) is 1.55. The van der Waals surface area contributed by atoms with Gasteiger partial charge in [-0.3, -0.25) is 4.98 Å². The van der Waals surface area contributed by atoms with Crippen LogP contribution in [0.25, 0.3) is 0 Å². The van der Waals surface area contributed by atoms with Gasteiger partial charge >= 0.3 is 0 Å². The Bertz CT molecular complexity index is 517. The van der Waals surface area contributed by atoms with E-state index >= 15 is 0 Å². The van der Waals surface area contributed by atoms with E-state index in [4.69, 9.17) is 4.74 Å². The number of hydrogen-bond acceptors (Lipinski definition) is 3. The van der Waals surface area contributed by atoms with Gasteiger partial charge in [0.15, 0.2) is 11.6 Å². The van der Waals surface area contributed by atoms with E-state index in [1.54, 1.807) is 30.6 Å². The summed E-state index contributed by atoms with van der Waals surface area (Å²) in [7, 11) is 0. The van der Waals surface area contributed by atoms with E-state index < -0.39 is 0 Å². The third kappa shape index (κ3) is 3.05. The van der Waals surface area contributed by atoms with Gasteiger partial charge < -0.3 is 10.1 Å². The number of nitrogens with zero attached hydrogens (tertiary/aromatic N) is 1. The second-order valence-electron chi connectivity index (χ2n) is 3.80. The summed E-state index contributed by atoms with van der Waals surface area (Å²) >= 11 is 0. The molecule has 0 amide bonds. The summed E-state index contributed by atoms with van der Waals surface area (Å²) in [4.78, 5) is 4.00. The summed E-state index contributed by atoms with van der Waals surface area (Å²) < 4.78 is 19.1. The highest BCUT2D eigenvalue weighted by molar-refractivity contribution is 5.35. The molecule has 2 aromatic rings. The zero-order valence-corrected chi connectivity index (χ0v) is 10.2. The first kappa shape index (κ1) is 12.5. The molecule has 94 valence electrons. The van der Waals surface area contributed by atoms with Gasteiger partial charge in [0.25, 0.3) is 0 Å². The predicted octanol–water partition coefficient (Wildman–Crippen LogP) is 3.12. The lowest BCUT2D eigenvalue weighted by Gasteiger charge is -2.11. The summed E-state index contributed by atoms with van der Waals surface area (Å²) in [5.41, 5.74) is 0.954. The van der Waals surface area contributed by atoms with Crippen LogP contribution in [0.15, 0.2) is 42.7 Å². The van der Waals surface area contributed by atoms with Crippen LogP contribution in [0, 0.1) is 5.82 Å². The molecule has 0 fully saturated rings. The molecule has 2 rings (SSSR count).